The average molecular weight is 209 g/mol. The van der Waals surface area contributed by atoms with E-state index in [0.29, 0.717) is 0 Å². The Morgan fingerprint density at radius 1 is 1.46 bits per heavy atom. The SMILES string of the molecule is CCOC(=O)CS(=O)(=O)NC(C)C. The van der Waals surface area contributed by atoms with Crippen LogP contribution < -0.4 is 4.72 Å². The highest BCUT2D eigenvalue weighted by Crippen LogP contribution is 1.90. The summed E-state index contributed by atoms with van der Waals surface area (Å²) in [6.07, 6.45) is 0. The van der Waals surface area contributed by atoms with Crippen LogP contribution in [0.2, 0.25) is 0 Å². The zero-order valence-electron chi connectivity index (χ0n) is 8.03. The lowest BCUT2D eigenvalue weighted by molar-refractivity contribution is -0.139. The molecule has 0 aliphatic carbocycles. The summed E-state index contributed by atoms with van der Waals surface area (Å²) in [5.41, 5.74) is 0. The lowest BCUT2D eigenvalue weighted by Gasteiger charge is -2.08. The van der Waals surface area contributed by atoms with Gasteiger partial charge in [0.1, 0.15) is 0 Å². The second kappa shape index (κ2) is 5.18. The van der Waals surface area contributed by atoms with Gasteiger partial charge in [0.2, 0.25) is 10.0 Å². The molecule has 0 aromatic carbocycles. The van der Waals surface area contributed by atoms with E-state index >= 15 is 0 Å². The van der Waals surface area contributed by atoms with E-state index in [0.717, 1.165) is 0 Å². The van der Waals surface area contributed by atoms with Crippen molar-refractivity contribution in [1.29, 1.82) is 0 Å². The molecule has 0 fully saturated rings. The van der Waals surface area contributed by atoms with Crippen LogP contribution in [0.3, 0.4) is 0 Å². The molecule has 0 unspecified atom stereocenters. The molecule has 0 rings (SSSR count). The maximum absolute atomic E-state index is 11.1. The topological polar surface area (TPSA) is 72.5 Å². The molecule has 5 nitrogen and oxygen atoms in total. The first-order valence-corrected chi connectivity index (χ1v) is 5.68. The van der Waals surface area contributed by atoms with Gasteiger partial charge in [0, 0.05) is 6.04 Å². The molecule has 78 valence electrons. The van der Waals surface area contributed by atoms with Crippen molar-refractivity contribution in [3.05, 3.63) is 0 Å². The fourth-order valence-corrected chi connectivity index (χ4v) is 1.95. The summed E-state index contributed by atoms with van der Waals surface area (Å²) in [5.74, 6) is -1.34. The summed E-state index contributed by atoms with van der Waals surface area (Å²) in [6, 6.07) is -0.209. The summed E-state index contributed by atoms with van der Waals surface area (Å²) in [5, 5.41) is 0. The van der Waals surface area contributed by atoms with Crippen molar-refractivity contribution in [2.45, 2.75) is 26.8 Å². The molecule has 0 aromatic heterocycles. The van der Waals surface area contributed by atoms with Gasteiger partial charge in [-0.2, -0.15) is 0 Å². The lowest BCUT2D eigenvalue weighted by atomic mass is 10.4. The van der Waals surface area contributed by atoms with Crippen molar-refractivity contribution in [2.24, 2.45) is 0 Å². The van der Waals surface area contributed by atoms with Crippen molar-refractivity contribution in [3.8, 4) is 0 Å². The summed E-state index contributed by atoms with van der Waals surface area (Å²) in [7, 11) is -3.53. The van der Waals surface area contributed by atoms with Gasteiger partial charge in [0.15, 0.2) is 5.75 Å². The molecule has 0 atom stereocenters. The van der Waals surface area contributed by atoms with Crippen molar-refractivity contribution >= 4 is 16.0 Å². The summed E-state index contributed by atoms with van der Waals surface area (Å²) in [6.45, 7) is 5.18. The fraction of sp³-hybridized carbons (Fsp3) is 0.857. The Morgan fingerprint density at radius 3 is 2.38 bits per heavy atom. The molecule has 0 radical (unpaired) electrons. The number of hydrogen-bond donors (Lipinski definition) is 1. The maximum Gasteiger partial charge on any atom is 0.322 e. The molecule has 0 aromatic rings. The standard InChI is InChI=1S/C7H15NO4S/c1-4-12-7(9)5-13(10,11)8-6(2)3/h6,8H,4-5H2,1-3H3. The van der Waals surface area contributed by atoms with Crippen LogP contribution in [-0.4, -0.2) is 32.8 Å². The largest absolute Gasteiger partial charge is 0.465 e. The first kappa shape index (κ1) is 12.4. The summed E-state index contributed by atoms with van der Waals surface area (Å²) in [4.78, 5) is 10.8. The van der Waals surface area contributed by atoms with E-state index in [1.54, 1.807) is 20.8 Å². The van der Waals surface area contributed by atoms with Gasteiger partial charge in [-0.25, -0.2) is 13.1 Å². The first-order valence-electron chi connectivity index (χ1n) is 4.03. The fourth-order valence-electron chi connectivity index (χ4n) is 0.759. The van der Waals surface area contributed by atoms with E-state index in [-0.39, 0.29) is 12.6 Å². The highest BCUT2D eigenvalue weighted by atomic mass is 32.2. The van der Waals surface area contributed by atoms with Crippen molar-refractivity contribution < 1.29 is 17.9 Å². The predicted molar refractivity (Wildman–Crippen MR) is 48.7 cm³/mol. The number of esters is 1. The van der Waals surface area contributed by atoms with Crippen LogP contribution in [0.25, 0.3) is 0 Å². The molecule has 0 amide bonds. The Bertz CT molecular complexity index is 258. The van der Waals surface area contributed by atoms with Crippen LogP contribution in [0, 0.1) is 0 Å². The minimum Gasteiger partial charge on any atom is -0.465 e. The van der Waals surface area contributed by atoms with E-state index in [1.165, 1.54) is 0 Å². The van der Waals surface area contributed by atoms with Crippen molar-refractivity contribution in [3.63, 3.8) is 0 Å². The Hall–Kier alpha value is -0.620. The molecule has 0 aliphatic rings. The molecule has 0 saturated heterocycles. The van der Waals surface area contributed by atoms with Crippen LogP contribution in [-0.2, 0) is 19.6 Å². The highest BCUT2D eigenvalue weighted by molar-refractivity contribution is 7.90. The maximum atomic E-state index is 11.1. The number of carbonyl (C=O) groups excluding carboxylic acids is 1. The molecule has 0 bridgehead atoms. The molecule has 0 heterocycles. The van der Waals surface area contributed by atoms with E-state index in [9.17, 15) is 13.2 Å². The Morgan fingerprint density at radius 2 is 2.00 bits per heavy atom. The molecule has 13 heavy (non-hydrogen) atoms. The van der Waals surface area contributed by atoms with Gasteiger partial charge in [-0.3, -0.25) is 4.79 Å². The molecule has 6 heteroatoms. The van der Waals surface area contributed by atoms with Crippen LogP contribution in [0.15, 0.2) is 0 Å². The minimum absolute atomic E-state index is 0.191. The monoisotopic (exact) mass is 209 g/mol. The molecular formula is C7H15NO4S. The Balaban J connectivity index is 4.10. The molecule has 0 saturated carbocycles. The van der Waals surface area contributed by atoms with Crippen LogP contribution >= 0.6 is 0 Å². The van der Waals surface area contributed by atoms with E-state index in [1.807, 2.05) is 0 Å². The van der Waals surface area contributed by atoms with Crippen LogP contribution in [0.1, 0.15) is 20.8 Å². The Labute approximate surface area is 78.5 Å². The van der Waals surface area contributed by atoms with Crippen molar-refractivity contribution in [1.82, 2.24) is 4.72 Å². The number of hydrogen-bond acceptors (Lipinski definition) is 4. The zero-order valence-corrected chi connectivity index (χ0v) is 8.85. The predicted octanol–water partition coefficient (Wildman–Crippen LogP) is -0.123. The molecule has 0 aliphatic heterocycles. The molecule has 1 N–H and O–H groups in total. The number of rotatable bonds is 5. The normalized spacial score (nSPS) is 11.7. The molecule has 0 spiro atoms. The molecular weight excluding hydrogens is 194 g/mol. The second-order valence-electron chi connectivity index (χ2n) is 2.84. The van der Waals surface area contributed by atoms with E-state index < -0.39 is 21.7 Å². The lowest BCUT2D eigenvalue weighted by Crippen LogP contribution is -2.35. The van der Waals surface area contributed by atoms with Gasteiger partial charge in [0.25, 0.3) is 0 Å². The van der Waals surface area contributed by atoms with E-state index in [4.69, 9.17) is 0 Å². The average Bonchev–Trinajstić information content (AvgIpc) is 1.81. The third-order valence-corrected chi connectivity index (χ3v) is 2.47. The zero-order chi connectivity index (χ0) is 10.5. The Kier molecular flexibility index (Phi) is 4.94. The van der Waals surface area contributed by atoms with Gasteiger partial charge in [-0.1, -0.05) is 0 Å². The third kappa shape index (κ3) is 6.53. The van der Waals surface area contributed by atoms with Gasteiger partial charge in [0.05, 0.1) is 6.61 Å². The van der Waals surface area contributed by atoms with Crippen LogP contribution in [0.4, 0.5) is 0 Å². The van der Waals surface area contributed by atoms with E-state index in [2.05, 4.69) is 9.46 Å². The van der Waals surface area contributed by atoms with Gasteiger partial charge < -0.3 is 4.74 Å². The van der Waals surface area contributed by atoms with Gasteiger partial charge in [-0.05, 0) is 20.8 Å². The smallest absolute Gasteiger partial charge is 0.322 e. The summed E-state index contributed by atoms with van der Waals surface area (Å²) < 4.78 is 29.0. The third-order valence-electron chi connectivity index (χ3n) is 1.03. The highest BCUT2D eigenvalue weighted by Gasteiger charge is 2.17. The minimum atomic E-state index is -3.53. The number of nitrogens with one attached hydrogen (secondary N) is 1. The second-order valence-corrected chi connectivity index (χ2v) is 4.59. The van der Waals surface area contributed by atoms with Crippen molar-refractivity contribution in [2.75, 3.05) is 12.4 Å². The first-order chi connectivity index (χ1) is 5.87. The quantitative estimate of drug-likeness (QED) is 0.640. The summed E-state index contributed by atoms with van der Waals surface area (Å²) >= 11 is 0. The number of ether oxygens (including phenoxy) is 1. The van der Waals surface area contributed by atoms with Gasteiger partial charge >= 0.3 is 5.97 Å². The van der Waals surface area contributed by atoms with Gasteiger partial charge in [-0.15, -0.1) is 0 Å². The number of carbonyl (C=O) groups is 1. The number of sulfonamides is 1. The van der Waals surface area contributed by atoms with Crippen LogP contribution in [0.5, 0.6) is 0 Å².